The van der Waals surface area contributed by atoms with Crippen molar-refractivity contribution in [3.05, 3.63) is 36.4 Å². The number of halogens is 3. The highest BCUT2D eigenvalue weighted by molar-refractivity contribution is 5.91. The first kappa shape index (κ1) is 18.8. The molecular weight excluding hydrogens is 313 g/mol. The second kappa shape index (κ2) is 8.42. The first-order valence-electron chi connectivity index (χ1n) is 6.84. The molecule has 0 radical (unpaired) electrons. The summed E-state index contributed by atoms with van der Waals surface area (Å²) < 4.78 is 41.7. The number of hydrogen-bond donors (Lipinski definition) is 2. The smallest absolute Gasteiger partial charge is 0.422 e. The number of urea groups is 1. The van der Waals surface area contributed by atoms with Crippen LogP contribution in [0.15, 0.2) is 30.9 Å². The van der Waals surface area contributed by atoms with E-state index in [1.54, 1.807) is 13.0 Å². The van der Waals surface area contributed by atoms with E-state index < -0.39 is 18.8 Å². The van der Waals surface area contributed by atoms with Crippen molar-refractivity contribution < 1.29 is 27.8 Å². The van der Waals surface area contributed by atoms with Gasteiger partial charge >= 0.3 is 12.2 Å². The van der Waals surface area contributed by atoms with Crippen LogP contribution < -0.4 is 10.1 Å². The van der Waals surface area contributed by atoms with Gasteiger partial charge in [0.05, 0.1) is 12.3 Å². The van der Waals surface area contributed by atoms with Gasteiger partial charge in [0.2, 0.25) is 0 Å². The Morgan fingerprint density at radius 3 is 2.74 bits per heavy atom. The van der Waals surface area contributed by atoms with E-state index in [1.807, 2.05) is 0 Å². The minimum absolute atomic E-state index is 0.0711. The number of carbonyl (C=O) groups is 1. The van der Waals surface area contributed by atoms with Gasteiger partial charge in [0.1, 0.15) is 5.75 Å². The van der Waals surface area contributed by atoms with Gasteiger partial charge in [-0.3, -0.25) is 0 Å². The molecule has 0 atom stereocenters. The Hall–Kier alpha value is -2.22. The summed E-state index contributed by atoms with van der Waals surface area (Å²) in [6.45, 7) is 3.77. The second-order valence-electron chi connectivity index (χ2n) is 4.79. The van der Waals surface area contributed by atoms with Gasteiger partial charge in [-0.15, -0.1) is 6.58 Å². The molecule has 0 heterocycles. The largest absolute Gasteiger partial charge is 0.482 e. The van der Waals surface area contributed by atoms with Gasteiger partial charge in [0.15, 0.2) is 6.61 Å². The SMILES string of the molecule is C=CCN(CCO)C(=O)Nc1ccc(C)cc1OCC(F)(F)F. The summed E-state index contributed by atoms with van der Waals surface area (Å²) in [5, 5.41) is 11.4. The van der Waals surface area contributed by atoms with Crippen molar-refractivity contribution in [2.75, 3.05) is 31.6 Å². The van der Waals surface area contributed by atoms with E-state index in [0.717, 1.165) is 0 Å². The Bertz CT molecular complexity index is 547. The van der Waals surface area contributed by atoms with E-state index >= 15 is 0 Å². The zero-order chi connectivity index (χ0) is 17.5. The molecule has 0 bridgehead atoms. The van der Waals surface area contributed by atoms with Crippen molar-refractivity contribution in [1.82, 2.24) is 4.90 Å². The lowest BCUT2D eigenvalue weighted by Crippen LogP contribution is -2.37. The average Bonchev–Trinajstić information content (AvgIpc) is 2.46. The van der Waals surface area contributed by atoms with Crippen LogP contribution in [0.5, 0.6) is 5.75 Å². The third-order valence-corrected chi connectivity index (χ3v) is 2.78. The van der Waals surface area contributed by atoms with E-state index in [0.29, 0.717) is 5.56 Å². The van der Waals surface area contributed by atoms with Gasteiger partial charge in [-0.25, -0.2) is 4.79 Å². The maximum atomic E-state index is 12.3. The van der Waals surface area contributed by atoms with Crippen LogP contribution in [0.4, 0.5) is 23.7 Å². The first-order chi connectivity index (χ1) is 10.8. The molecule has 0 aromatic heterocycles. The summed E-state index contributed by atoms with van der Waals surface area (Å²) in [6.07, 6.45) is -3.00. The molecule has 2 amide bonds. The predicted octanol–water partition coefficient (Wildman–Crippen LogP) is 2.95. The minimum Gasteiger partial charge on any atom is -0.482 e. The Balaban J connectivity index is 2.89. The van der Waals surface area contributed by atoms with E-state index in [2.05, 4.69) is 11.9 Å². The normalized spacial score (nSPS) is 11.0. The second-order valence-corrected chi connectivity index (χ2v) is 4.79. The molecule has 0 saturated heterocycles. The quantitative estimate of drug-likeness (QED) is 0.755. The van der Waals surface area contributed by atoms with Crippen LogP contribution in [0, 0.1) is 6.92 Å². The molecule has 0 saturated carbocycles. The molecule has 1 aromatic carbocycles. The van der Waals surface area contributed by atoms with Crippen LogP contribution in [0.3, 0.4) is 0 Å². The molecule has 5 nitrogen and oxygen atoms in total. The number of nitrogens with one attached hydrogen (secondary N) is 1. The van der Waals surface area contributed by atoms with Crippen molar-refractivity contribution in [2.24, 2.45) is 0 Å². The number of rotatable bonds is 7. The van der Waals surface area contributed by atoms with Crippen LogP contribution >= 0.6 is 0 Å². The maximum Gasteiger partial charge on any atom is 0.422 e. The number of nitrogens with zero attached hydrogens (tertiary/aromatic N) is 1. The lowest BCUT2D eigenvalue weighted by atomic mass is 10.2. The van der Waals surface area contributed by atoms with E-state index in [4.69, 9.17) is 9.84 Å². The van der Waals surface area contributed by atoms with Crippen molar-refractivity contribution in [2.45, 2.75) is 13.1 Å². The molecule has 0 spiro atoms. The Morgan fingerprint density at radius 1 is 1.48 bits per heavy atom. The number of aryl methyl sites for hydroxylation is 1. The highest BCUT2D eigenvalue weighted by atomic mass is 19.4. The predicted molar refractivity (Wildman–Crippen MR) is 80.6 cm³/mol. The van der Waals surface area contributed by atoms with Gasteiger partial charge in [0, 0.05) is 13.1 Å². The molecule has 0 aliphatic carbocycles. The number of benzene rings is 1. The molecular formula is C15H19F3N2O3. The van der Waals surface area contributed by atoms with Crippen molar-refractivity contribution >= 4 is 11.7 Å². The Kier molecular flexibility index (Phi) is 6.89. The van der Waals surface area contributed by atoms with Crippen LogP contribution in [0.1, 0.15) is 5.56 Å². The van der Waals surface area contributed by atoms with Gasteiger partial charge in [-0.1, -0.05) is 12.1 Å². The molecule has 0 aliphatic rings. The third kappa shape index (κ3) is 6.60. The Labute approximate surface area is 132 Å². The Morgan fingerprint density at radius 2 is 2.17 bits per heavy atom. The molecule has 0 unspecified atom stereocenters. The zero-order valence-electron chi connectivity index (χ0n) is 12.7. The number of hydrogen-bond acceptors (Lipinski definition) is 3. The zero-order valence-corrected chi connectivity index (χ0v) is 12.7. The fourth-order valence-corrected chi connectivity index (χ4v) is 1.76. The lowest BCUT2D eigenvalue weighted by molar-refractivity contribution is -0.153. The number of amides is 2. The number of aliphatic hydroxyl groups is 1. The summed E-state index contributed by atoms with van der Waals surface area (Å²) >= 11 is 0. The first-order valence-corrected chi connectivity index (χ1v) is 6.84. The van der Waals surface area contributed by atoms with Crippen LogP contribution in [0.2, 0.25) is 0 Å². The number of ether oxygens (including phenoxy) is 1. The molecule has 0 aliphatic heterocycles. The summed E-state index contributed by atoms with van der Waals surface area (Å²) in [5.41, 5.74) is 0.815. The molecule has 23 heavy (non-hydrogen) atoms. The van der Waals surface area contributed by atoms with Gasteiger partial charge in [-0.05, 0) is 24.6 Å². The number of alkyl halides is 3. The molecule has 1 aromatic rings. The fraction of sp³-hybridized carbons (Fsp3) is 0.400. The molecule has 8 heteroatoms. The summed E-state index contributed by atoms with van der Waals surface area (Å²) in [5.74, 6) is -0.0711. The summed E-state index contributed by atoms with van der Waals surface area (Å²) in [7, 11) is 0. The van der Waals surface area contributed by atoms with Gasteiger partial charge in [0.25, 0.3) is 0 Å². The van der Waals surface area contributed by atoms with E-state index in [-0.39, 0.29) is 31.1 Å². The fourth-order valence-electron chi connectivity index (χ4n) is 1.76. The van der Waals surface area contributed by atoms with Crippen molar-refractivity contribution in [3.63, 3.8) is 0 Å². The molecule has 2 N–H and O–H groups in total. The molecule has 128 valence electrons. The highest BCUT2D eigenvalue weighted by Crippen LogP contribution is 2.28. The van der Waals surface area contributed by atoms with Crippen molar-refractivity contribution in [3.8, 4) is 5.75 Å². The average molecular weight is 332 g/mol. The van der Waals surface area contributed by atoms with E-state index in [9.17, 15) is 18.0 Å². The lowest BCUT2D eigenvalue weighted by Gasteiger charge is -2.22. The standard InChI is InChI=1S/C15H19F3N2O3/c1-3-6-20(7-8-21)14(22)19-12-5-4-11(2)9-13(12)23-10-15(16,17)18/h3-5,9,21H,1,6-8,10H2,2H3,(H,19,22). The monoisotopic (exact) mass is 332 g/mol. The molecule has 1 rings (SSSR count). The summed E-state index contributed by atoms with van der Waals surface area (Å²) in [6, 6.07) is 3.94. The highest BCUT2D eigenvalue weighted by Gasteiger charge is 2.29. The van der Waals surface area contributed by atoms with E-state index in [1.165, 1.54) is 23.1 Å². The molecule has 0 fully saturated rings. The number of aliphatic hydroxyl groups excluding tert-OH is 1. The van der Waals surface area contributed by atoms with Crippen LogP contribution in [-0.4, -0.2) is 48.5 Å². The van der Waals surface area contributed by atoms with Gasteiger partial charge in [-0.2, -0.15) is 13.2 Å². The van der Waals surface area contributed by atoms with Crippen LogP contribution in [0.25, 0.3) is 0 Å². The topological polar surface area (TPSA) is 61.8 Å². The number of anilines is 1. The minimum atomic E-state index is -4.48. The third-order valence-electron chi connectivity index (χ3n) is 2.78. The summed E-state index contributed by atoms with van der Waals surface area (Å²) in [4.78, 5) is 13.4. The van der Waals surface area contributed by atoms with Crippen molar-refractivity contribution in [1.29, 1.82) is 0 Å². The maximum absolute atomic E-state index is 12.3. The van der Waals surface area contributed by atoms with Crippen LogP contribution in [-0.2, 0) is 0 Å². The number of carbonyl (C=O) groups excluding carboxylic acids is 1. The van der Waals surface area contributed by atoms with Gasteiger partial charge < -0.3 is 20.1 Å².